The molecule has 0 aromatic rings. The number of piperidine rings is 1. The van der Waals surface area contributed by atoms with Crippen LogP contribution in [-0.4, -0.2) is 20.6 Å². The summed E-state index contributed by atoms with van der Waals surface area (Å²) < 4.78 is 2.21. The molecule has 0 radical (unpaired) electrons. The fraction of sp³-hybridized carbons (Fsp3) is 0.818. The van der Waals surface area contributed by atoms with Crippen molar-refractivity contribution in [1.82, 2.24) is 4.31 Å². The van der Waals surface area contributed by atoms with Crippen molar-refractivity contribution in [1.29, 1.82) is 0 Å². The average Bonchev–Trinajstić information content (AvgIpc) is 1.99. The number of nitrogens with zero attached hydrogens (tertiary/aromatic N) is 1. The van der Waals surface area contributed by atoms with E-state index in [1.807, 2.05) is 17.2 Å². The fourth-order valence-electron chi connectivity index (χ4n) is 2.41. The van der Waals surface area contributed by atoms with Crippen molar-refractivity contribution >= 4 is 24.6 Å². The van der Waals surface area contributed by atoms with Gasteiger partial charge in [0.2, 0.25) is 0 Å². The number of rotatable bonds is 2. The van der Waals surface area contributed by atoms with Crippen molar-refractivity contribution in [3.8, 4) is 0 Å². The van der Waals surface area contributed by atoms with Gasteiger partial charge in [0.05, 0.1) is 0 Å². The Morgan fingerprint density at radius 2 is 1.71 bits per heavy atom. The van der Waals surface area contributed by atoms with Crippen LogP contribution >= 0.6 is 24.6 Å². The van der Waals surface area contributed by atoms with E-state index in [2.05, 4.69) is 51.4 Å². The lowest BCUT2D eigenvalue weighted by Gasteiger charge is -2.52. The fourth-order valence-corrected chi connectivity index (χ4v) is 3.85. The highest BCUT2D eigenvalue weighted by molar-refractivity contribution is 8.02. The van der Waals surface area contributed by atoms with Gasteiger partial charge in [-0.1, -0.05) is 19.4 Å². The molecule has 1 nitrogen and oxygen atoms in total. The minimum atomic E-state index is 0.172. The standard InChI is InChI=1S/C11H21NS2/c1-6-14-9-7-10(2,3)12(13)11(4,5)8-9/h6,9,13H,1,7-8H2,2-5H3. The smallest absolute Gasteiger partial charge is 0.0271 e. The third-order valence-corrected chi connectivity index (χ3v) is 4.88. The molecule has 1 aliphatic heterocycles. The minimum absolute atomic E-state index is 0.172. The Kier molecular flexibility index (Phi) is 3.66. The molecular weight excluding hydrogens is 210 g/mol. The SMILES string of the molecule is C=CSC1CC(C)(C)N(S)C(C)(C)C1. The molecule has 0 aliphatic carbocycles. The van der Waals surface area contributed by atoms with Crippen LogP contribution in [0.25, 0.3) is 0 Å². The van der Waals surface area contributed by atoms with Crippen molar-refractivity contribution in [3.05, 3.63) is 12.0 Å². The third-order valence-electron chi connectivity index (χ3n) is 2.89. The van der Waals surface area contributed by atoms with Crippen LogP contribution in [0, 0.1) is 0 Å². The van der Waals surface area contributed by atoms with Gasteiger partial charge in [-0.15, -0.1) is 11.8 Å². The zero-order valence-electron chi connectivity index (χ0n) is 9.58. The first-order valence-corrected chi connectivity index (χ1v) is 6.39. The number of thioether (sulfide) groups is 1. The van der Waals surface area contributed by atoms with Gasteiger partial charge in [-0.2, -0.15) is 0 Å². The van der Waals surface area contributed by atoms with Crippen LogP contribution in [0.1, 0.15) is 40.5 Å². The monoisotopic (exact) mass is 231 g/mol. The molecule has 0 aromatic heterocycles. The molecule has 1 aliphatic rings. The lowest BCUT2D eigenvalue weighted by molar-refractivity contribution is 0.0744. The summed E-state index contributed by atoms with van der Waals surface area (Å²) in [5.74, 6) is 0. The molecule has 82 valence electrons. The molecule has 0 bridgehead atoms. The van der Waals surface area contributed by atoms with E-state index in [0.29, 0.717) is 5.25 Å². The summed E-state index contributed by atoms with van der Waals surface area (Å²) in [7, 11) is 0. The summed E-state index contributed by atoms with van der Waals surface area (Å²) in [4.78, 5) is 0. The molecule has 0 N–H and O–H groups in total. The van der Waals surface area contributed by atoms with Gasteiger partial charge in [0.1, 0.15) is 0 Å². The van der Waals surface area contributed by atoms with Gasteiger partial charge < -0.3 is 0 Å². The van der Waals surface area contributed by atoms with E-state index < -0.39 is 0 Å². The lowest BCUT2D eigenvalue weighted by atomic mass is 9.82. The molecule has 1 rings (SSSR count). The predicted octanol–water partition coefficient (Wildman–Crippen LogP) is 3.73. The highest BCUT2D eigenvalue weighted by atomic mass is 32.2. The van der Waals surface area contributed by atoms with Crippen molar-refractivity contribution in [2.24, 2.45) is 0 Å². The second-order valence-corrected chi connectivity index (χ2v) is 6.94. The normalized spacial score (nSPS) is 27.5. The maximum atomic E-state index is 4.63. The summed E-state index contributed by atoms with van der Waals surface area (Å²) in [6, 6.07) is 0. The molecule has 3 heteroatoms. The van der Waals surface area contributed by atoms with E-state index in [9.17, 15) is 0 Å². The summed E-state index contributed by atoms with van der Waals surface area (Å²) in [6.07, 6.45) is 2.35. The van der Waals surface area contributed by atoms with Gasteiger partial charge in [0.25, 0.3) is 0 Å². The first kappa shape index (κ1) is 12.5. The summed E-state index contributed by atoms with van der Waals surface area (Å²) in [5, 5.41) is 2.64. The quantitative estimate of drug-likeness (QED) is 0.721. The van der Waals surface area contributed by atoms with Crippen LogP contribution < -0.4 is 0 Å². The van der Waals surface area contributed by atoms with E-state index >= 15 is 0 Å². The Labute approximate surface area is 97.9 Å². The molecule has 0 aromatic carbocycles. The molecule has 0 atom stereocenters. The van der Waals surface area contributed by atoms with Crippen molar-refractivity contribution < 1.29 is 0 Å². The van der Waals surface area contributed by atoms with Crippen LogP contribution in [-0.2, 0) is 0 Å². The molecule has 14 heavy (non-hydrogen) atoms. The Balaban J connectivity index is 2.80. The molecule has 0 unspecified atom stereocenters. The van der Waals surface area contributed by atoms with Crippen LogP contribution in [0.4, 0.5) is 0 Å². The minimum Gasteiger partial charge on any atom is -0.242 e. The van der Waals surface area contributed by atoms with Crippen LogP contribution in [0.5, 0.6) is 0 Å². The Morgan fingerprint density at radius 1 is 1.29 bits per heavy atom. The molecule has 1 heterocycles. The van der Waals surface area contributed by atoms with Gasteiger partial charge in [0.15, 0.2) is 0 Å². The zero-order valence-corrected chi connectivity index (χ0v) is 11.3. The second kappa shape index (κ2) is 4.11. The Morgan fingerprint density at radius 3 is 2.07 bits per heavy atom. The Bertz CT molecular complexity index is 205. The van der Waals surface area contributed by atoms with Crippen molar-refractivity contribution in [2.45, 2.75) is 56.9 Å². The van der Waals surface area contributed by atoms with Gasteiger partial charge in [-0.3, -0.25) is 0 Å². The topological polar surface area (TPSA) is 3.24 Å². The van der Waals surface area contributed by atoms with Gasteiger partial charge in [0, 0.05) is 16.3 Å². The van der Waals surface area contributed by atoms with Crippen LogP contribution in [0.2, 0.25) is 0 Å². The molecule has 1 saturated heterocycles. The van der Waals surface area contributed by atoms with E-state index in [1.54, 1.807) is 0 Å². The predicted molar refractivity (Wildman–Crippen MR) is 69.8 cm³/mol. The first-order valence-electron chi connectivity index (χ1n) is 5.05. The average molecular weight is 231 g/mol. The lowest BCUT2D eigenvalue weighted by Crippen LogP contribution is -2.56. The van der Waals surface area contributed by atoms with Gasteiger partial charge >= 0.3 is 0 Å². The number of hydrogen-bond acceptors (Lipinski definition) is 3. The molecule has 1 fully saturated rings. The Hall–Kier alpha value is 0.400. The first-order chi connectivity index (χ1) is 6.29. The van der Waals surface area contributed by atoms with E-state index in [4.69, 9.17) is 0 Å². The third kappa shape index (κ3) is 2.50. The largest absolute Gasteiger partial charge is 0.242 e. The number of thiol groups is 1. The van der Waals surface area contributed by atoms with Gasteiger partial charge in [-0.25, -0.2) is 4.31 Å². The summed E-state index contributed by atoms with van der Waals surface area (Å²) >= 11 is 6.49. The second-order valence-electron chi connectivity index (χ2n) is 5.27. The number of hydrogen-bond donors (Lipinski definition) is 1. The van der Waals surface area contributed by atoms with Crippen molar-refractivity contribution in [3.63, 3.8) is 0 Å². The van der Waals surface area contributed by atoms with Crippen LogP contribution in [0.15, 0.2) is 12.0 Å². The van der Waals surface area contributed by atoms with E-state index in [0.717, 1.165) is 0 Å². The van der Waals surface area contributed by atoms with E-state index in [1.165, 1.54) is 12.8 Å². The maximum Gasteiger partial charge on any atom is 0.0271 e. The molecule has 0 saturated carbocycles. The van der Waals surface area contributed by atoms with Gasteiger partial charge in [-0.05, 0) is 45.9 Å². The zero-order chi connectivity index (χ0) is 11.0. The highest BCUT2D eigenvalue weighted by Crippen LogP contribution is 2.43. The van der Waals surface area contributed by atoms with Crippen LogP contribution in [0.3, 0.4) is 0 Å². The summed E-state index contributed by atoms with van der Waals surface area (Å²) in [5.41, 5.74) is 0.344. The summed E-state index contributed by atoms with van der Waals surface area (Å²) in [6.45, 7) is 12.8. The maximum absolute atomic E-state index is 4.63. The molecule has 0 spiro atoms. The molecule has 0 amide bonds. The van der Waals surface area contributed by atoms with E-state index in [-0.39, 0.29) is 11.1 Å². The molecular formula is C11H21NS2. The van der Waals surface area contributed by atoms with Crippen molar-refractivity contribution in [2.75, 3.05) is 0 Å². The highest BCUT2D eigenvalue weighted by Gasteiger charge is 2.43.